The Morgan fingerprint density at radius 1 is 1.06 bits per heavy atom. The molecule has 0 heterocycles. The molecule has 17 heavy (non-hydrogen) atoms. The zero-order valence-corrected chi connectivity index (χ0v) is 11.8. The molecular weight excluding hydrogens is 210 g/mol. The first-order chi connectivity index (χ1) is 8.29. The second-order valence-corrected chi connectivity index (χ2v) is 5.64. The molecule has 1 rings (SSSR count). The summed E-state index contributed by atoms with van der Waals surface area (Å²) in [5.74, 6) is 0.898. The van der Waals surface area contributed by atoms with Gasteiger partial charge in [-0.05, 0) is 45.2 Å². The van der Waals surface area contributed by atoms with Crippen LogP contribution in [0.2, 0.25) is 0 Å². The molecule has 1 saturated carbocycles. The molecule has 0 aromatic rings. The summed E-state index contributed by atoms with van der Waals surface area (Å²) >= 11 is 0. The van der Waals surface area contributed by atoms with Gasteiger partial charge in [-0.2, -0.15) is 0 Å². The minimum absolute atomic E-state index is 0.343. The number of aliphatic hydroxyl groups excluding tert-OH is 1. The van der Waals surface area contributed by atoms with Crippen molar-refractivity contribution in [1.82, 2.24) is 4.90 Å². The van der Waals surface area contributed by atoms with Gasteiger partial charge in [-0.1, -0.05) is 39.0 Å². The Labute approximate surface area is 107 Å². The average molecular weight is 241 g/mol. The lowest BCUT2D eigenvalue weighted by Crippen LogP contribution is -2.39. The van der Waals surface area contributed by atoms with E-state index in [9.17, 15) is 0 Å². The lowest BCUT2D eigenvalue weighted by molar-refractivity contribution is 0.136. The van der Waals surface area contributed by atoms with Crippen LogP contribution in [0.1, 0.15) is 64.7 Å². The third-order valence-electron chi connectivity index (χ3n) is 4.38. The van der Waals surface area contributed by atoms with Crippen molar-refractivity contribution >= 4 is 0 Å². The van der Waals surface area contributed by atoms with E-state index in [1.807, 2.05) is 0 Å². The van der Waals surface area contributed by atoms with Crippen molar-refractivity contribution in [2.75, 3.05) is 20.2 Å². The molecule has 0 spiro atoms. The van der Waals surface area contributed by atoms with Crippen LogP contribution in [0.25, 0.3) is 0 Å². The van der Waals surface area contributed by atoms with Crippen LogP contribution in [0.4, 0.5) is 0 Å². The molecule has 1 N–H and O–H groups in total. The lowest BCUT2D eigenvalue weighted by atomic mass is 9.84. The number of unbranched alkanes of at least 4 members (excludes halogenated alkanes) is 1. The standard InChI is InChI=1S/C15H31NO/c1-3-14-10-6-4-5-7-11-15(14)16(2)12-8-9-13-17/h14-15,17H,3-13H2,1-2H3. The van der Waals surface area contributed by atoms with Crippen molar-refractivity contribution in [3.05, 3.63) is 0 Å². The van der Waals surface area contributed by atoms with Gasteiger partial charge in [-0.3, -0.25) is 0 Å². The van der Waals surface area contributed by atoms with E-state index in [-0.39, 0.29) is 0 Å². The highest BCUT2D eigenvalue weighted by molar-refractivity contribution is 4.79. The minimum Gasteiger partial charge on any atom is -0.396 e. The van der Waals surface area contributed by atoms with Gasteiger partial charge in [0, 0.05) is 12.6 Å². The van der Waals surface area contributed by atoms with E-state index in [1.54, 1.807) is 0 Å². The quantitative estimate of drug-likeness (QED) is 0.720. The van der Waals surface area contributed by atoms with E-state index < -0.39 is 0 Å². The topological polar surface area (TPSA) is 23.5 Å². The number of rotatable bonds is 6. The van der Waals surface area contributed by atoms with E-state index in [0.717, 1.165) is 31.3 Å². The first-order valence-electron chi connectivity index (χ1n) is 7.60. The molecule has 1 fully saturated rings. The summed E-state index contributed by atoms with van der Waals surface area (Å²) in [5.41, 5.74) is 0. The van der Waals surface area contributed by atoms with Gasteiger partial charge in [0.05, 0.1) is 0 Å². The van der Waals surface area contributed by atoms with Crippen LogP contribution in [0.15, 0.2) is 0 Å². The van der Waals surface area contributed by atoms with E-state index in [2.05, 4.69) is 18.9 Å². The smallest absolute Gasteiger partial charge is 0.0431 e. The molecule has 0 radical (unpaired) electrons. The van der Waals surface area contributed by atoms with Crippen LogP contribution in [-0.2, 0) is 0 Å². The Bertz CT molecular complexity index is 184. The van der Waals surface area contributed by atoms with E-state index in [1.165, 1.54) is 44.9 Å². The molecule has 0 saturated heterocycles. The van der Waals surface area contributed by atoms with Gasteiger partial charge in [0.2, 0.25) is 0 Å². The number of hydrogen-bond donors (Lipinski definition) is 1. The molecule has 0 amide bonds. The van der Waals surface area contributed by atoms with Gasteiger partial charge in [0.1, 0.15) is 0 Å². The summed E-state index contributed by atoms with van der Waals surface area (Å²) in [6, 6.07) is 0.791. The van der Waals surface area contributed by atoms with Gasteiger partial charge in [0.25, 0.3) is 0 Å². The van der Waals surface area contributed by atoms with Crippen molar-refractivity contribution in [2.24, 2.45) is 5.92 Å². The Kier molecular flexibility index (Phi) is 7.87. The molecule has 2 atom stereocenters. The molecule has 2 unspecified atom stereocenters. The fourth-order valence-corrected chi connectivity index (χ4v) is 3.24. The second-order valence-electron chi connectivity index (χ2n) is 5.64. The second kappa shape index (κ2) is 8.93. The molecule has 0 aromatic heterocycles. The molecule has 1 aliphatic rings. The van der Waals surface area contributed by atoms with Crippen LogP contribution in [0.3, 0.4) is 0 Å². The van der Waals surface area contributed by atoms with Gasteiger partial charge >= 0.3 is 0 Å². The predicted molar refractivity (Wildman–Crippen MR) is 74.2 cm³/mol. The summed E-state index contributed by atoms with van der Waals surface area (Å²) in [6.07, 6.45) is 11.9. The maximum Gasteiger partial charge on any atom is 0.0431 e. The van der Waals surface area contributed by atoms with Crippen molar-refractivity contribution in [2.45, 2.75) is 70.8 Å². The van der Waals surface area contributed by atoms with Gasteiger partial charge < -0.3 is 10.0 Å². The van der Waals surface area contributed by atoms with Crippen LogP contribution in [0, 0.1) is 5.92 Å². The molecule has 1 aliphatic carbocycles. The molecule has 0 aromatic carbocycles. The Hall–Kier alpha value is -0.0800. The third kappa shape index (κ3) is 5.39. The highest BCUT2D eigenvalue weighted by Gasteiger charge is 2.24. The number of nitrogens with zero attached hydrogens (tertiary/aromatic N) is 1. The molecule has 2 nitrogen and oxygen atoms in total. The summed E-state index contributed by atoms with van der Waals surface area (Å²) < 4.78 is 0. The largest absolute Gasteiger partial charge is 0.396 e. The molecular formula is C15H31NO. The number of aliphatic hydroxyl groups is 1. The van der Waals surface area contributed by atoms with E-state index >= 15 is 0 Å². The van der Waals surface area contributed by atoms with Gasteiger partial charge in [0.15, 0.2) is 0 Å². The monoisotopic (exact) mass is 241 g/mol. The summed E-state index contributed by atoms with van der Waals surface area (Å²) in [7, 11) is 2.28. The minimum atomic E-state index is 0.343. The van der Waals surface area contributed by atoms with Crippen LogP contribution in [-0.4, -0.2) is 36.2 Å². The van der Waals surface area contributed by atoms with E-state index in [0.29, 0.717) is 6.61 Å². The van der Waals surface area contributed by atoms with E-state index in [4.69, 9.17) is 5.11 Å². The van der Waals surface area contributed by atoms with Gasteiger partial charge in [-0.25, -0.2) is 0 Å². The van der Waals surface area contributed by atoms with Crippen molar-refractivity contribution in [3.8, 4) is 0 Å². The fraction of sp³-hybridized carbons (Fsp3) is 1.00. The highest BCUT2D eigenvalue weighted by Crippen LogP contribution is 2.28. The third-order valence-corrected chi connectivity index (χ3v) is 4.38. The molecule has 102 valence electrons. The molecule has 0 bridgehead atoms. The fourth-order valence-electron chi connectivity index (χ4n) is 3.24. The average Bonchev–Trinajstić information content (AvgIpc) is 2.29. The SMILES string of the molecule is CCC1CCCCCCC1N(C)CCCCO. The normalized spacial score (nSPS) is 26.8. The van der Waals surface area contributed by atoms with Crippen molar-refractivity contribution in [1.29, 1.82) is 0 Å². The first kappa shape index (κ1) is 15.0. The predicted octanol–water partition coefficient (Wildman–Crippen LogP) is 3.44. The van der Waals surface area contributed by atoms with Crippen molar-refractivity contribution in [3.63, 3.8) is 0 Å². The van der Waals surface area contributed by atoms with Crippen molar-refractivity contribution < 1.29 is 5.11 Å². The zero-order chi connectivity index (χ0) is 12.5. The van der Waals surface area contributed by atoms with Crippen LogP contribution in [0.5, 0.6) is 0 Å². The maximum atomic E-state index is 8.85. The highest BCUT2D eigenvalue weighted by atomic mass is 16.2. The lowest BCUT2D eigenvalue weighted by Gasteiger charge is -2.36. The molecule has 2 heteroatoms. The zero-order valence-electron chi connectivity index (χ0n) is 11.8. The summed E-state index contributed by atoms with van der Waals surface area (Å²) in [4.78, 5) is 2.56. The van der Waals surface area contributed by atoms with Crippen LogP contribution < -0.4 is 0 Å². The molecule has 0 aliphatic heterocycles. The van der Waals surface area contributed by atoms with Gasteiger partial charge in [-0.15, -0.1) is 0 Å². The Balaban J connectivity index is 2.42. The number of hydrogen-bond acceptors (Lipinski definition) is 2. The Morgan fingerprint density at radius 3 is 2.41 bits per heavy atom. The Morgan fingerprint density at radius 2 is 1.76 bits per heavy atom. The maximum absolute atomic E-state index is 8.85. The summed E-state index contributed by atoms with van der Waals surface area (Å²) in [5, 5.41) is 8.85. The summed E-state index contributed by atoms with van der Waals surface area (Å²) in [6.45, 7) is 3.85. The first-order valence-corrected chi connectivity index (χ1v) is 7.60. The van der Waals surface area contributed by atoms with Crippen LogP contribution >= 0.6 is 0 Å².